The van der Waals surface area contributed by atoms with Gasteiger partial charge in [-0.1, -0.05) is 43.9 Å². The maximum atomic E-state index is 5.46. The highest BCUT2D eigenvalue weighted by Crippen LogP contribution is 2.45. The maximum Gasteiger partial charge on any atom is 0.0940 e. The van der Waals surface area contributed by atoms with Gasteiger partial charge in [-0.2, -0.15) is 0 Å². The molecule has 19 heavy (non-hydrogen) atoms. The van der Waals surface area contributed by atoms with E-state index >= 15 is 0 Å². The molecule has 0 amide bonds. The fourth-order valence-electron chi connectivity index (χ4n) is 2.66. The van der Waals surface area contributed by atoms with Gasteiger partial charge >= 0.3 is 0 Å². The molecule has 0 heterocycles. The summed E-state index contributed by atoms with van der Waals surface area (Å²) in [6.45, 7) is 11.0. The van der Waals surface area contributed by atoms with Crippen molar-refractivity contribution in [3.63, 3.8) is 0 Å². The first kappa shape index (κ1) is 15.7. The van der Waals surface area contributed by atoms with E-state index in [4.69, 9.17) is 10.5 Å². The molecule has 0 aromatic carbocycles. The third kappa shape index (κ3) is 3.34. The van der Waals surface area contributed by atoms with Crippen LogP contribution in [-0.4, -0.2) is 13.3 Å². The largest absolute Gasteiger partial charge is 0.366 e. The molecule has 0 aromatic rings. The lowest BCUT2D eigenvalue weighted by Crippen LogP contribution is -2.14. The maximum absolute atomic E-state index is 5.46. The Morgan fingerprint density at radius 3 is 2.42 bits per heavy atom. The summed E-state index contributed by atoms with van der Waals surface area (Å²) < 4.78 is 5.45. The van der Waals surface area contributed by atoms with E-state index in [0.717, 1.165) is 6.42 Å². The van der Waals surface area contributed by atoms with Gasteiger partial charge in [-0.05, 0) is 42.6 Å². The SMILES string of the molecule is C=C/C=C1\C(=C/C)C(=CCC)/C(=C\C)C1COCN. The van der Waals surface area contributed by atoms with Gasteiger partial charge in [-0.3, -0.25) is 0 Å². The van der Waals surface area contributed by atoms with E-state index in [2.05, 4.69) is 51.7 Å². The Morgan fingerprint density at radius 2 is 1.95 bits per heavy atom. The molecular weight excluding hydrogens is 234 g/mol. The first-order valence-corrected chi connectivity index (χ1v) is 6.89. The van der Waals surface area contributed by atoms with Crippen molar-refractivity contribution in [1.29, 1.82) is 0 Å². The van der Waals surface area contributed by atoms with E-state index in [-0.39, 0.29) is 12.6 Å². The second-order valence-corrected chi connectivity index (χ2v) is 4.42. The molecular formula is C17H25NO. The molecule has 104 valence electrons. The van der Waals surface area contributed by atoms with Gasteiger partial charge < -0.3 is 10.5 Å². The highest BCUT2D eigenvalue weighted by molar-refractivity contribution is 5.66. The van der Waals surface area contributed by atoms with Gasteiger partial charge in [0.2, 0.25) is 0 Å². The Morgan fingerprint density at radius 1 is 1.21 bits per heavy atom. The molecule has 1 unspecified atom stereocenters. The van der Waals surface area contributed by atoms with Crippen LogP contribution < -0.4 is 5.73 Å². The van der Waals surface area contributed by atoms with Crippen molar-refractivity contribution in [3.8, 4) is 0 Å². The highest BCUT2D eigenvalue weighted by atomic mass is 16.5. The molecule has 1 aliphatic carbocycles. The van der Waals surface area contributed by atoms with Gasteiger partial charge in [0.15, 0.2) is 0 Å². The molecule has 0 aromatic heterocycles. The number of nitrogens with two attached hydrogens (primary N) is 1. The van der Waals surface area contributed by atoms with E-state index in [9.17, 15) is 0 Å². The summed E-state index contributed by atoms with van der Waals surface area (Å²) in [6, 6.07) is 0. The first-order valence-electron chi connectivity index (χ1n) is 6.89. The normalized spacial score (nSPS) is 27.9. The average molecular weight is 259 g/mol. The van der Waals surface area contributed by atoms with Crippen LogP contribution >= 0.6 is 0 Å². The fraction of sp³-hybridized carbons (Fsp3) is 0.412. The van der Waals surface area contributed by atoms with Gasteiger partial charge in [0.25, 0.3) is 0 Å². The van der Waals surface area contributed by atoms with Crippen molar-refractivity contribution in [2.24, 2.45) is 11.7 Å². The number of rotatable bonds is 5. The number of hydrogen-bond acceptors (Lipinski definition) is 2. The smallest absolute Gasteiger partial charge is 0.0940 e. The fourth-order valence-corrected chi connectivity index (χ4v) is 2.66. The summed E-state index contributed by atoms with van der Waals surface area (Å²) in [5, 5.41) is 0. The Bertz CT molecular complexity index is 438. The Hall–Kier alpha value is -1.38. The highest BCUT2D eigenvalue weighted by Gasteiger charge is 2.32. The minimum absolute atomic E-state index is 0.257. The van der Waals surface area contributed by atoms with Crippen molar-refractivity contribution in [3.05, 3.63) is 59.3 Å². The lowest BCUT2D eigenvalue weighted by Gasteiger charge is -2.13. The standard InChI is InChI=1S/C17H25NO/c1-5-9-15-13(7-3)16(10-6-2)17(11-19-12-18)14(15)8-4/h6-10,17H,2,5,11-12,18H2,1,3-4H3/b13-7-,14-8+,15-9?,16-10+. The average Bonchev–Trinajstić information content (AvgIpc) is 2.70. The van der Waals surface area contributed by atoms with Crippen LogP contribution in [0.25, 0.3) is 0 Å². The van der Waals surface area contributed by atoms with Crippen molar-refractivity contribution in [1.82, 2.24) is 0 Å². The van der Waals surface area contributed by atoms with Crippen molar-refractivity contribution in [2.45, 2.75) is 27.2 Å². The number of allylic oxidation sites excluding steroid dienone is 7. The van der Waals surface area contributed by atoms with E-state index in [1.165, 1.54) is 22.3 Å². The zero-order valence-electron chi connectivity index (χ0n) is 12.3. The molecule has 2 N–H and O–H groups in total. The molecule has 1 aliphatic rings. The molecule has 1 saturated carbocycles. The molecule has 0 radical (unpaired) electrons. The summed E-state index contributed by atoms with van der Waals surface area (Å²) in [5.74, 6) is 0.260. The Labute approximate surface area is 117 Å². The van der Waals surface area contributed by atoms with E-state index in [0.29, 0.717) is 6.61 Å². The van der Waals surface area contributed by atoms with E-state index < -0.39 is 0 Å². The summed E-state index contributed by atoms with van der Waals surface area (Å²) in [7, 11) is 0. The zero-order chi connectivity index (χ0) is 14.3. The summed E-state index contributed by atoms with van der Waals surface area (Å²) in [6.07, 6.45) is 11.6. The minimum Gasteiger partial charge on any atom is -0.366 e. The third-order valence-electron chi connectivity index (χ3n) is 3.37. The van der Waals surface area contributed by atoms with Crippen molar-refractivity contribution >= 4 is 0 Å². The van der Waals surface area contributed by atoms with Crippen molar-refractivity contribution < 1.29 is 4.74 Å². The van der Waals surface area contributed by atoms with Crippen LogP contribution in [0.2, 0.25) is 0 Å². The molecule has 2 heteroatoms. The second-order valence-electron chi connectivity index (χ2n) is 4.42. The molecule has 0 aliphatic heterocycles. The third-order valence-corrected chi connectivity index (χ3v) is 3.37. The minimum atomic E-state index is 0.257. The van der Waals surface area contributed by atoms with Gasteiger partial charge in [0.05, 0.1) is 13.3 Å². The summed E-state index contributed by atoms with van der Waals surface area (Å²) >= 11 is 0. The van der Waals surface area contributed by atoms with Crippen LogP contribution in [-0.2, 0) is 4.74 Å². The molecule has 1 atom stereocenters. The molecule has 2 nitrogen and oxygen atoms in total. The first-order chi connectivity index (χ1) is 9.24. The van der Waals surface area contributed by atoms with Gasteiger partial charge in [0, 0.05) is 5.92 Å². The quantitative estimate of drug-likeness (QED) is 0.760. The molecule has 1 fully saturated rings. The summed E-state index contributed by atoms with van der Waals surface area (Å²) in [4.78, 5) is 0. The van der Waals surface area contributed by atoms with Crippen LogP contribution in [0, 0.1) is 5.92 Å². The lowest BCUT2D eigenvalue weighted by molar-refractivity contribution is 0.127. The van der Waals surface area contributed by atoms with Gasteiger partial charge in [-0.25, -0.2) is 0 Å². The van der Waals surface area contributed by atoms with E-state index in [1.807, 2.05) is 6.08 Å². The topological polar surface area (TPSA) is 35.2 Å². The molecule has 0 spiro atoms. The Kier molecular flexibility index (Phi) is 6.54. The lowest BCUT2D eigenvalue weighted by atomic mass is 9.98. The Balaban J connectivity index is 3.30. The number of ether oxygens (including phenoxy) is 1. The monoisotopic (exact) mass is 259 g/mol. The van der Waals surface area contributed by atoms with Crippen molar-refractivity contribution in [2.75, 3.05) is 13.3 Å². The summed E-state index contributed by atoms with van der Waals surface area (Å²) in [5.41, 5.74) is 10.7. The van der Waals surface area contributed by atoms with Crippen LogP contribution in [0.15, 0.2) is 59.3 Å². The zero-order valence-corrected chi connectivity index (χ0v) is 12.3. The predicted molar refractivity (Wildman–Crippen MR) is 82.7 cm³/mol. The van der Waals surface area contributed by atoms with Gasteiger partial charge in [0.1, 0.15) is 0 Å². The predicted octanol–water partition coefficient (Wildman–Crippen LogP) is 3.89. The van der Waals surface area contributed by atoms with Crippen LogP contribution in [0.1, 0.15) is 27.2 Å². The van der Waals surface area contributed by atoms with E-state index in [1.54, 1.807) is 0 Å². The van der Waals surface area contributed by atoms with Crippen LogP contribution in [0.4, 0.5) is 0 Å². The van der Waals surface area contributed by atoms with Crippen LogP contribution in [0.5, 0.6) is 0 Å². The van der Waals surface area contributed by atoms with Gasteiger partial charge in [-0.15, -0.1) is 0 Å². The molecule has 0 bridgehead atoms. The molecule has 0 saturated heterocycles. The molecule has 1 rings (SSSR count). The second kappa shape index (κ2) is 7.93. The number of hydrogen-bond donors (Lipinski definition) is 1. The van der Waals surface area contributed by atoms with Crippen LogP contribution in [0.3, 0.4) is 0 Å².